The number of ether oxygens (including phenoxy) is 1. The summed E-state index contributed by atoms with van der Waals surface area (Å²) in [6, 6.07) is 25.3. The zero-order valence-corrected chi connectivity index (χ0v) is 15.4. The smallest absolute Gasteiger partial charge is 0.265 e. The average Bonchev–Trinajstić information content (AvgIpc) is 2.65. The van der Waals surface area contributed by atoms with Crippen molar-refractivity contribution in [2.75, 3.05) is 5.32 Å². The Kier molecular flexibility index (Phi) is 5.51. The molecule has 1 N–H and O–H groups in total. The van der Waals surface area contributed by atoms with E-state index >= 15 is 0 Å². The van der Waals surface area contributed by atoms with Crippen LogP contribution in [-0.4, -0.2) is 12.0 Å². The first kappa shape index (κ1) is 17.2. The van der Waals surface area contributed by atoms with E-state index in [1.165, 1.54) is 0 Å². The van der Waals surface area contributed by atoms with Crippen molar-refractivity contribution in [1.82, 2.24) is 0 Å². The lowest BCUT2D eigenvalue weighted by atomic mass is 10.1. The average molecular weight is 396 g/mol. The number of benzene rings is 3. The summed E-state index contributed by atoms with van der Waals surface area (Å²) >= 11 is 3.37. The molecule has 0 radical (unpaired) electrons. The Labute approximate surface area is 155 Å². The van der Waals surface area contributed by atoms with Gasteiger partial charge in [0, 0.05) is 10.2 Å². The first-order chi connectivity index (χ1) is 12.1. The summed E-state index contributed by atoms with van der Waals surface area (Å²) in [4.78, 5) is 12.2. The van der Waals surface area contributed by atoms with Crippen LogP contribution in [-0.2, 0) is 4.79 Å². The number of rotatable bonds is 5. The lowest BCUT2D eigenvalue weighted by Crippen LogP contribution is -2.30. The summed E-state index contributed by atoms with van der Waals surface area (Å²) in [6.07, 6.45) is -0.591. The number of hydrogen-bond acceptors (Lipinski definition) is 2. The first-order valence-electron chi connectivity index (χ1n) is 8.00. The predicted octanol–water partition coefficient (Wildman–Crippen LogP) is 5.52. The Morgan fingerprint density at radius 1 is 0.880 bits per heavy atom. The van der Waals surface area contributed by atoms with Gasteiger partial charge in [-0.05, 0) is 54.4 Å². The molecule has 0 fully saturated rings. The Balaban J connectivity index is 1.61. The molecule has 3 aromatic rings. The van der Waals surface area contributed by atoms with Gasteiger partial charge >= 0.3 is 0 Å². The van der Waals surface area contributed by atoms with Crippen LogP contribution in [0.15, 0.2) is 83.3 Å². The van der Waals surface area contributed by atoms with Crippen molar-refractivity contribution in [3.8, 4) is 16.9 Å². The van der Waals surface area contributed by atoms with E-state index in [1.54, 1.807) is 6.92 Å². The van der Waals surface area contributed by atoms with E-state index in [9.17, 15) is 4.79 Å². The molecule has 1 atom stereocenters. The highest BCUT2D eigenvalue weighted by atomic mass is 79.9. The molecule has 3 nitrogen and oxygen atoms in total. The zero-order valence-electron chi connectivity index (χ0n) is 13.8. The highest BCUT2D eigenvalue weighted by Gasteiger charge is 2.15. The van der Waals surface area contributed by atoms with Crippen LogP contribution in [0.4, 0.5) is 5.69 Å². The molecule has 4 heteroatoms. The highest BCUT2D eigenvalue weighted by molar-refractivity contribution is 9.10. The molecule has 1 unspecified atom stereocenters. The van der Waals surface area contributed by atoms with Gasteiger partial charge in [-0.3, -0.25) is 4.79 Å². The molecule has 3 rings (SSSR count). The second-order valence-electron chi connectivity index (χ2n) is 5.65. The van der Waals surface area contributed by atoms with Crippen molar-refractivity contribution in [2.45, 2.75) is 13.0 Å². The van der Waals surface area contributed by atoms with E-state index < -0.39 is 6.10 Å². The van der Waals surface area contributed by atoms with Crippen LogP contribution in [0.2, 0.25) is 0 Å². The first-order valence-corrected chi connectivity index (χ1v) is 8.80. The van der Waals surface area contributed by atoms with Crippen LogP contribution in [0.1, 0.15) is 6.92 Å². The van der Waals surface area contributed by atoms with Gasteiger partial charge in [0.15, 0.2) is 6.10 Å². The fraction of sp³-hybridized carbons (Fsp3) is 0.0952. The van der Waals surface area contributed by atoms with Crippen LogP contribution >= 0.6 is 15.9 Å². The van der Waals surface area contributed by atoms with Gasteiger partial charge in [0.2, 0.25) is 0 Å². The number of amides is 1. The summed E-state index contributed by atoms with van der Waals surface area (Å²) in [7, 11) is 0. The summed E-state index contributed by atoms with van der Waals surface area (Å²) in [5.41, 5.74) is 3.00. The van der Waals surface area contributed by atoms with Crippen LogP contribution in [0.25, 0.3) is 11.1 Å². The molecule has 0 spiro atoms. The van der Waals surface area contributed by atoms with E-state index in [0.29, 0.717) is 5.75 Å². The van der Waals surface area contributed by atoms with E-state index in [-0.39, 0.29) is 5.91 Å². The monoisotopic (exact) mass is 395 g/mol. The van der Waals surface area contributed by atoms with Gasteiger partial charge in [0.25, 0.3) is 5.91 Å². The Bertz CT molecular complexity index is 830. The van der Waals surface area contributed by atoms with E-state index in [0.717, 1.165) is 21.3 Å². The van der Waals surface area contributed by atoms with Crippen LogP contribution in [0, 0.1) is 0 Å². The molecule has 0 aromatic heterocycles. The lowest BCUT2D eigenvalue weighted by Gasteiger charge is -2.15. The number of hydrogen-bond donors (Lipinski definition) is 1. The number of nitrogens with one attached hydrogen (secondary N) is 1. The Morgan fingerprint density at radius 3 is 2.12 bits per heavy atom. The number of anilines is 1. The third-order valence-electron chi connectivity index (χ3n) is 3.76. The molecule has 0 aliphatic rings. The molecule has 126 valence electrons. The minimum Gasteiger partial charge on any atom is -0.481 e. The third-order valence-corrected chi connectivity index (χ3v) is 4.28. The quantitative estimate of drug-likeness (QED) is 0.617. The van der Waals surface area contributed by atoms with E-state index in [4.69, 9.17) is 4.74 Å². The Hall–Kier alpha value is -2.59. The van der Waals surface area contributed by atoms with Gasteiger partial charge < -0.3 is 10.1 Å². The van der Waals surface area contributed by atoms with Crippen molar-refractivity contribution < 1.29 is 9.53 Å². The van der Waals surface area contributed by atoms with Gasteiger partial charge in [-0.15, -0.1) is 0 Å². The Morgan fingerprint density at radius 2 is 1.48 bits per heavy atom. The van der Waals surface area contributed by atoms with Crippen LogP contribution < -0.4 is 10.1 Å². The van der Waals surface area contributed by atoms with Gasteiger partial charge in [-0.1, -0.05) is 58.4 Å². The largest absolute Gasteiger partial charge is 0.481 e. The molecule has 0 aliphatic carbocycles. The summed E-state index contributed by atoms with van der Waals surface area (Å²) in [5, 5.41) is 2.84. The van der Waals surface area contributed by atoms with E-state index in [1.807, 2.05) is 66.7 Å². The fourth-order valence-electron chi connectivity index (χ4n) is 2.39. The summed E-state index contributed by atoms with van der Waals surface area (Å²) in [6.45, 7) is 1.74. The molecular formula is C21H18BrNO2. The molecule has 0 saturated heterocycles. The third kappa shape index (κ3) is 4.70. The van der Waals surface area contributed by atoms with Crippen LogP contribution in [0.5, 0.6) is 5.75 Å². The molecule has 25 heavy (non-hydrogen) atoms. The van der Waals surface area contributed by atoms with Gasteiger partial charge in [-0.25, -0.2) is 0 Å². The predicted molar refractivity (Wildman–Crippen MR) is 105 cm³/mol. The lowest BCUT2D eigenvalue weighted by molar-refractivity contribution is -0.122. The SMILES string of the molecule is CC(Oc1ccc(-c2ccccc2)cc1)C(=O)Nc1ccc(Br)cc1. The van der Waals surface area contributed by atoms with Gasteiger partial charge in [-0.2, -0.15) is 0 Å². The molecule has 3 aromatic carbocycles. The maximum atomic E-state index is 12.2. The minimum absolute atomic E-state index is 0.186. The summed E-state index contributed by atoms with van der Waals surface area (Å²) < 4.78 is 6.71. The summed E-state index contributed by atoms with van der Waals surface area (Å²) in [5.74, 6) is 0.479. The molecule has 0 saturated carbocycles. The minimum atomic E-state index is -0.591. The van der Waals surface area contributed by atoms with Crippen molar-refractivity contribution in [3.63, 3.8) is 0 Å². The second-order valence-corrected chi connectivity index (χ2v) is 6.56. The topological polar surface area (TPSA) is 38.3 Å². The van der Waals surface area contributed by atoms with Crippen molar-refractivity contribution in [3.05, 3.63) is 83.3 Å². The van der Waals surface area contributed by atoms with Crippen molar-refractivity contribution in [1.29, 1.82) is 0 Å². The van der Waals surface area contributed by atoms with Gasteiger partial charge in [0.05, 0.1) is 0 Å². The number of halogens is 1. The van der Waals surface area contributed by atoms with Crippen LogP contribution in [0.3, 0.4) is 0 Å². The second kappa shape index (κ2) is 7.99. The molecule has 0 heterocycles. The molecule has 1 amide bonds. The van der Waals surface area contributed by atoms with E-state index in [2.05, 4.69) is 33.4 Å². The normalized spacial score (nSPS) is 11.6. The van der Waals surface area contributed by atoms with Crippen molar-refractivity contribution >= 4 is 27.5 Å². The molecule has 0 aliphatic heterocycles. The fourth-order valence-corrected chi connectivity index (χ4v) is 2.66. The zero-order chi connectivity index (χ0) is 17.6. The van der Waals surface area contributed by atoms with Gasteiger partial charge in [0.1, 0.15) is 5.75 Å². The number of carbonyl (C=O) groups is 1. The maximum absolute atomic E-state index is 12.2. The molecular weight excluding hydrogens is 378 g/mol. The standard InChI is InChI=1S/C21H18BrNO2/c1-15(21(24)23-19-11-9-18(22)10-12-19)25-20-13-7-17(8-14-20)16-5-3-2-4-6-16/h2-15H,1H3,(H,23,24). The highest BCUT2D eigenvalue weighted by Crippen LogP contribution is 2.23. The number of carbonyl (C=O) groups excluding carboxylic acids is 1. The van der Waals surface area contributed by atoms with Crippen molar-refractivity contribution in [2.24, 2.45) is 0 Å². The molecule has 0 bridgehead atoms. The maximum Gasteiger partial charge on any atom is 0.265 e.